The fourth-order valence-corrected chi connectivity index (χ4v) is 5.96. The van der Waals surface area contributed by atoms with Crippen LogP contribution in [0, 0.1) is 38.5 Å². The fraction of sp³-hybridized carbons (Fsp3) is 0.233. The number of carbonyl (C=O) groups excluding carboxylic acids is 3. The lowest BCUT2D eigenvalue weighted by atomic mass is 9.64. The van der Waals surface area contributed by atoms with E-state index in [0.29, 0.717) is 11.4 Å². The maximum atomic E-state index is 14.0. The number of anilines is 1. The molecule has 0 aromatic heterocycles. The van der Waals surface area contributed by atoms with Crippen molar-refractivity contribution < 1.29 is 19.1 Å². The highest BCUT2D eigenvalue weighted by molar-refractivity contribution is 6.25. The quantitative estimate of drug-likeness (QED) is 0.300. The summed E-state index contributed by atoms with van der Waals surface area (Å²) in [6.45, 7) is 5.82. The molecule has 3 aromatic carbocycles. The molecule has 2 amide bonds. The van der Waals surface area contributed by atoms with E-state index in [4.69, 9.17) is 4.74 Å². The Morgan fingerprint density at radius 3 is 2.20 bits per heavy atom. The van der Waals surface area contributed by atoms with Crippen molar-refractivity contribution in [3.05, 3.63) is 101 Å². The van der Waals surface area contributed by atoms with Gasteiger partial charge in [-0.2, -0.15) is 0 Å². The Balaban J connectivity index is 1.56. The van der Waals surface area contributed by atoms with Gasteiger partial charge in [-0.1, -0.05) is 66.2 Å². The summed E-state index contributed by atoms with van der Waals surface area (Å²) in [6.07, 6.45) is 2.02. The van der Waals surface area contributed by atoms with E-state index in [9.17, 15) is 14.4 Å². The summed E-state index contributed by atoms with van der Waals surface area (Å²) in [4.78, 5) is 42.6. The van der Waals surface area contributed by atoms with Gasteiger partial charge in [-0.25, -0.2) is 4.90 Å². The van der Waals surface area contributed by atoms with Crippen LogP contribution in [-0.4, -0.2) is 17.8 Å². The van der Waals surface area contributed by atoms with Gasteiger partial charge in [0, 0.05) is 11.5 Å². The van der Waals surface area contributed by atoms with Crippen LogP contribution in [-0.2, 0) is 14.4 Å². The number of amides is 2. The number of allylic oxidation sites excluding steroid dienone is 1. The lowest BCUT2D eigenvalue weighted by Gasteiger charge is -2.38. The van der Waals surface area contributed by atoms with Crippen molar-refractivity contribution in [1.29, 1.82) is 0 Å². The minimum absolute atomic E-state index is 0.265. The summed E-state index contributed by atoms with van der Waals surface area (Å²) in [5.74, 6) is -3.23. The van der Waals surface area contributed by atoms with Crippen LogP contribution in [0.25, 0.3) is 5.57 Å². The highest BCUT2D eigenvalue weighted by Gasteiger charge is 2.60. The third kappa shape index (κ3) is 3.18. The van der Waals surface area contributed by atoms with Crippen LogP contribution in [0.3, 0.4) is 0 Å². The Bertz CT molecular complexity index is 1440. The average Bonchev–Trinajstić information content (AvgIpc) is 3.09. The normalized spacial score (nSPS) is 24.9. The Labute approximate surface area is 204 Å². The molecule has 5 heteroatoms. The first-order valence-corrected chi connectivity index (χ1v) is 11.9. The van der Waals surface area contributed by atoms with Crippen LogP contribution < -0.4 is 9.64 Å². The van der Waals surface area contributed by atoms with Crippen molar-refractivity contribution in [2.75, 3.05) is 4.90 Å². The van der Waals surface area contributed by atoms with Gasteiger partial charge in [-0.3, -0.25) is 14.4 Å². The molecule has 0 unspecified atom stereocenters. The van der Waals surface area contributed by atoms with E-state index in [0.717, 1.165) is 33.4 Å². The van der Waals surface area contributed by atoms with Gasteiger partial charge in [0.05, 0.1) is 23.4 Å². The van der Waals surface area contributed by atoms with Crippen LogP contribution in [0.15, 0.2) is 72.8 Å². The van der Waals surface area contributed by atoms with Crippen molar-refractivity contribution >= 4 is 29.0 Å². The number of hydrogen-bond acceptors (Lipinski definition) is 4. The molecule has 1 aliphatic carbocycles. The van der Waals surface area contributed by atoms with Crippen molar-refractivity contribution in [3.63, 3.8) is 0 Å². The minimum Gasteiger partial charge on any atom is -0.425 e. The molecule has 4 atom stereocenters. The van der Waals surface area contributed by atoms with Crippen LogP contribution in [0.4, 0.5) is 5.69 Å². The number of benzene rings is 3. The van der Waals surface area contributed by atoms with E-state index in [1.54, 1.807) is 0 Å². The number of carbonyl (C=O) groups is 3. The van der Waals surface area contributed by atoms with E-state index in [2.05, 4.69) is 0 Å². The number of aryl methyl sites for hydroxylation is 3. The van der Waals surface area contributed by atoms with Crippen LogP contribution in [0.5, 0.6) is 5.75 Å². The molecule has 2 heterocycles. The van der Waals surface area contributed by atoms with Crippen LogP contribution in [0.1, 0.15) is 33.7 Å². The maximum absolute atomic E-state index is 14.0. The van der Waals surface area contributed by atoms with Gasteiger partial charge in [0.1, 0.15) is 5.75 Å². The molecule has 6 rings (SSSR count). The molecule has 0 radical (unpaired) electrons. The van der Waals surface area contributed by atoms with Gasteiger partial charge >= 0.3 is 5.97 Å². The van der Waals surface area contributed by atoms with E-state index in [1.165, 1.54) is 4.90 Å². The SMILES string of the molecule is Cc1ccc(N2C(=O)[C@@H]3[C@@H]4C(=O)Oc5cc(C)ccc5C4=C[C@@H](c4ccccc4)[C@@H]3C2=O)c(C)c1. The fourth-order valence-electron chi connectivity index (χ4n) is 5.96. The third-order valence-electron chi connectivity index (χ3n) is 7.53. The molecule has 3 aliphatic rings. The minimum atomic E-state index is -0.824. The summed E-state index contributed by atoms with van der Waals surface area (Å²) in [6, 6.07) is 21.2. The molecule has 0 saturated carbocycles. The lowest BCUT2D eigenvalue weighted by molar-refractivity contribution is -0.142. The first-order chi connectivity index (χ1) is 16.8. The molecule has 2 aliphatic heterocycles. The van der Waals surface area contributed by atoms with Gasteiger partial charge in [0.15, 0.2) is 0 Å². The zero-order valence-corrected chi connectivity index (χ0v) is 19.8. The molecule has 174 valence electrons. The Kier molecular flexibility index (Phi) is 4.78. The predicted molar refractivity (Wildman–Crippen MR) is 133 cm³/mol. The van der Waals surface area contributed by atoms with Gasteiger partial charge < -0.3 is 4.74 Å². The summed E-state index contributed by atoms with van der Waals surface area (Å²) in [5, 5.41) is 0. The summed E-state index contributed by atoms with van der Waals surface area (Å²) in [7, 11) is 0. The second-order valence-corrected chi connectivity index (χ2v) is 9.81. The number of imide groups is 1. The first kappa shape index (κ1) is 21.5. The number of nitrogens with zero attached hydrogens (tertiary/aromatic N) is 1. The van der Waals surface area contributed by atoms with Crippen LogP contribution in [0.2, 0.25) is 0 Å². The second-order valence-electron chi connectivity index (χ2n) is 9.81. The maximum Gasteiger partial charge on any atom is 0.319 e. The molecule has 0 spiro atoms. The monoisotopic (exact) mass is 463 g/mol. The first-order valence-electron chi connectivity index (χ1n) is 11.9. The summed E-state index contributed by atoms with van der Waals surface area (Å²) < 4.78 is 5.73. The highest BCUT2D eigenvalue weighted by atomic mass is 16.5. The van der Waals surface area contributed by atoms with E-state index in [-0.39, 0.29) is 17.7 Å². The topological polar surface area (TPSA) is 63.7 Å². The molecular weight excluding hydrogens is 438 g/mol. The standard InChI is InChI=1S/C30H25NO4/c1-16-10-12-23(18(3)13-16)31-28(32)25-21(19-7-5-4-6-8-19)15-22-20-11-9-17(2)14-24(20)35-30(34)26(22)27(25)29(31)33/h4-15,21,25-27H,1-3H3/t21-,25-,26+,27-/m0/s1. The number of esters is 1. The summed E-state index contributed by atoms with van der Waals surface area (Å²) in [5.41, 5.74) is 5.99. The van der Waals surface area contributed by atoms with E-state index >= 15 is 0 Å². The zero-order chi connectivity index (χ0) is 24.4. The third-order valence-corrected chi connectivity index (χ3v) is 7.53. The Hall–Kier alpha value is -3.99. The Morgan fingerprint density at radius 1 is 0.771 bits per heavy atom. The van der Waals surface area contributed by atoms with E-state index < -0.39 is 23.7 Å². The molecular formula is C30H25NO4. The van der Waals surface area contributed by atoms with E-state index in [1.807, 2.05) is 93.6 Å². The molecule has 1 fully saturated rings. The molecule has 1 saturated heterocycles. The molecule has 35 heavy (non-hydrogen) atoms. The van der Waals surface area contributed by atoms with Gasteiger partial charge in [0.2, 0.25) is 11.8 Å². The zero-order valence-electron chi connectivity index (χ0n) is 19.8. The van der Waals surface area contributed by atoms with Crippen molar-refractivity contribution in [3.8, 4) is 5.75 Å². The van der Waals surface area contributed by atoms with Crippen LogP contribution >= 0.6 is 0 Å². The van der Waals surface area contributed by atoms with Gasteiger partial charge in [0.25, 0.3) is 0 Å². The smallest absolute Gasteiger partial charge is 0.319 e. The van der Waals surface area contributed by atoms with Gasteiger partial charge in [-0.15, -0.1) is 0 Å². The van der Waals surface area contributed by atoms with Crippen molar-refractivity contribution in [2.45, 2.75) is 26.7 Å². The molecule has 0 N–H and O–H groups in total. The largest absolute Gasteiger partial charge is 0.425 e. The summed E-state index contributed by atoms with van der Waals surface area (Å²) >= 11 is 0. The number of ether oxygens (including phenoxy) is 1. The number of fused-ring (bicyclic) bond motifs is 5. The highest BCUT2D eigenvalue weighted by Crippen LogP contribution is 2.54. The average molecular weight is 464 g/mol. The van der Waals surface area contributed by atoms with Crippen molar-refractivity contribution in [2.24, 2.45) is 17.8 Å². The molecule has 3 aromatic rings. The number of rotatable bonds is 2. The van der Waals surface area contributed by atoms with Gasteiger partial charge in [-0.05, 0) is 55.2 Å². The predicted octanol–water partition coefficient (Wildman–Crippen LogP) is 5.13. The lowest BCUT2D eigenvalue weighted by Crippen LogP contribution is -2.42. The van der Waals surface area contributed by atoms with Crippen molar-refractivity contribution in [1.82, 2.24) is 0 Å². The number of hydrogen-bond donors (Lipinski definition) is 0. The molecule has 0 bridgehead atoms. The molecule has 5 nitrogen and oxygen atoms in total. The Morgan fingerprint density at radius 2 is 1.46 bits per heavy atom. The second kappa shape index (κ2) is 7.77.